The van der Waals surface area contributed by atoms with Crippen LogP contribution in [0.15, 0.2) is 0 Å². The Morgan fingerprint density at radius 1 is 0.261 bits per heavy atom. The van der Waals surface area contributed by atoms with Crippen molar-refractivity contribution in [2.45, 2.75) is 406 Å². The van der Waals surface area contributed by atoms with Crippen molar-refractivity contribution in [3.05, 3.63) is 0 Å². The monoisotopic (exact) mass is 1350 g/mol. The summed E-state index contributed by atoms with van der Waals surface area (Å²) in [5.41, 5.74) is 0. The van der Waals surface area contributed by atoms with Crippen LogP contribution in [0.2, 0.25) is 0 Å². The van der Waals surface area contributed by atoms with Crippen molar-refractivity contribution in [3.63, 3.8) is 0 Å². The molecule has 0 aliphatic rings. The summed E-state index contributed by atoms with van der Waals surface area (Å²) < 4.78 is 68.4. The number of aliphatic hydroxyl groups excluding tert-OH is 1. The normalized spacial score (nSPS) is 13.9. The van der Waals surface area contributed by atoms with Gasteiger partial charge in [-0.25, -0.2) is 9.13 Å². The van der Waals surface area contributed by atoms with Gasteiger partial charge in [-0.15, -0.1) is 0 Å². The molecule has 0 aromatic carbocycles. The van der Waals surface area contributed by atoms with Gasteiger partial charge in [-0.3, -0.25) is 37.3 Å². The molecule has 0 rings (SSSR count). The molecule has 0 fully saturated rings. The molecule has 0 aliphatic heterocycles. The topological polar surface area (TPSA) is 237 Å². The third-order valence-electron chi connectivity index (χ3n) is 17.1. The second kappa shape index (κ2) is 67.6. The fraction of sp³-hybridized carbons (Fsp3) is 0.945. The average molecular weight is 1350 g/mol. The minimum absolute atomic E-state index is 0.107. The number of ether oxygens (including phenoxy) is 4. The first-order valence-corrected chi connectivity index (χ1v) is 41.3. The lowest BCUT2D eigenvalue weighted by atomic mass is 10.0. The molecule has 92 heavy (non-hydrogen) atoms. The highest BCUT2D eigenvalue weighted by molar-refractivity contribution is 7.47. The number of hydrogen-bond acceptors (Lipinski definition) is 15. The lowest BCUT2D eigenvalue weighted by molar-refractivity contribution is -0.161. The Morgan fingerprint density at radius 3 is 0.641 bits per heavy atom. The van der Waals surface area contributed by atoms with E-state index >= 15 is 0 Å². The molecule has 0 saturated carbocycles. The molecule has 0 aromatic rings. The van der Waals surface area contributed by atoms with Crippen molar-refractivity contribution < 1.29 is 80.2 Å². The van der Waals surface area contributed by atoms with E-state index in [0.29, 0.717) is 25.7 Å². The first kappa shape index (κ1) is 90.1. The predicted octanol–water partition coefficient (Wildman–Crippen LogP) is 21.4. The van der Waals surface area contributed by atoms with E-state index < -0.39 is 97.5 Å². The van der Waals surface area contributed by atoms with Crippen molar-refractivity contribution in [2.24, 2.45) is 0 Å². The summed E-state index contributed by atoms with van der Waals surface area (Å²) in [6.45, 7) is 4.95. The van der Waals surface area contributed by atoms with E-state index in [4.69, 9.17) is 37.0 Å². The fourth-order valence-corrected chi connectivity index (χ4v) is 12.8. The van der Waals surface area contributed by atoms with Crippen LogP contribution in [0.1, 0.15) is 387 Å². The van der Waals surface area contributed by atoms with Gasteiger partial charge in [0.15, 0.2) is 12.2 Å². The molecule has 0 spiro atoms. The van der Waals surface area contributed by atoms with E-state index in [1.807, 2.05) is 0 Å². The molecule has 0 radical (unpaired) electrons. The second-order valence-electron chi connectivity index (χ2n) is 26.3. The fourth-order valence-electron chi connectivity index (χ4n) is 11.2. The molecule has 0 heterocycles. The molecule has 5 atom stereocenters. The number of hydrogen-bond donors (Lipinski definition) is 3. The van der Waals surface area contributed by atoms with Crippen LogP contribution in [0.5, 0.6) is 0 Å². The maximum Gasteiger partial charge on any atom is 0.472 e. The van der Waals surface area contributed by atoms with Crippen LogP contribution >= 0.6 is 15.6 Å². The van der Waals surface area contributed by atoms with Gasteiger partial charge in [-0.05, 0) is 25.7 Å². The molecule has 546 valence electrons. The van der Waals surface area contributed by atoms with E-state index in [1.54, 1.807) is 0 Å². The number of rotatable bonds is 74. The van der Waals surface area contributed by atoms with Crippen molar-refractivity contribution >= 4 is 39.5 Å². The number of unbranched alkanes of at least 4 members (excludes halogenated alkanes) is 48. The third kappa shape index (κ3) is 66.7. The van der Waals surface area contributed by atoms with Crippen LogP contribution in [0.3, 0.4) is 0 Å². The number of carbonyl (C=O) groups excluding carboxylic acids is 4. The highest BCUT2D eigenvalue weighted by Gasteiger charge is 2.30. The number of esters is 4. The van der Waals surface area contributed by atoms with Crippen LogP contribution in [-0.4, -0.2) is 96.7 Å². The number of aliphatic hydroxyl groups is 1. The van der Waals surface area contributed by atoms with Crippen molar-refractivity contribution in [2.75, 3.05) is 39.6 Å². The Balaban J connectivity index is 5.21. The Labute approximate surface area is 562 Å². The van der Waals surface area contributed by atoms with Gasteiger partial charge in [0.2, 0.25) is 0 Å². The Morgan fingerprint density at radius 2 is 0.435 bits per heavy atom. The molecule has 0 aromatic heterocycles. The first-order chi connectivity index (χ1) is 44.7. The van der Waals surface area contributed by atoms with Crippen LogP contribution in [0.25, 0.3) is 0 Å². The van der Waals surface area contributed by atoms with Gasteiger partial charge in [0.1, 0.15) is 19.3 Å². The summed E-state index contributed by atoms with van der Waals surface area (Å²) in [6.07, 6.45) is 56.8. The molecule has 2 unspecified atom stereocenters. The molecule has 0 bridgehead atoms. The van der Waals surface area contributed by atoms with Crippen molar-refractivity contribution in [1.82, 2.24) is 0 Å². The summed E-state index contributed by atoms with van der Waals surface area (Å²) in [6, 6.07) is 0. The maximum atomic E-state index is 13.1. The first-order valence-electron chi connectivity index (χ1n) is 38.3. The maximum absolute atomic E-state index is 13.1. The quantitative estimate of drug-likeness (QED) is 0.0222. The van der Waals surface area contributed by atoms with Gasteiger partial charge in [0.25, 0.3) is 0 Å². The summed E-state index contributed by atoms with van der Waals surface area (Å²) in [5, 5.41) is 10.6. The van der Waals surface area contributed by atoms with Gasteiger partial charge in [0, 0.05) is 25.7 Å². The number of phosphoric acid groups is 2. The average Bonchev–Trinajstić information content (AvgIpc) is 1.82. The lowest BCUT2D eigenvalue weighted by Gasteiger charge is -2.21. The van der Waals surface area contributed by atoms with Crippen molar-refractivity contribution in [1.29, 1.82) is 0 Å². The standard InChI is InChI=1S/C73H142O17P2/c1-5-9-13-17-21-25-28-30-32-33-34-35-37-40-44-48-52-56-60-73(78)90-69(64-84-71(76)58-54-50-46-42-39-36-31-29-26-22-18-14-10-6-2)66-88-92(81,82)86-62-67(74)61-85-91(79,80)87-65-68(63-83-70(75)57-53-49-45-41-24-20-16-12-8-4)89-72(77)59-55-51-47-43-38-27-23-19-15-11-7-3/h67-69,74H,5-66H2,1-4H3,(H,79,80)(H,81,82)/t67-,68+,69+/m0/s1. The van der Waals surface area contributed by atoms with Crippen LogP contribution < -0.4 is 0 Å². The second-order valence-corrected chi connectivity index (χ2v) is 29.2. The highest BCUT2D eigenvalue weighted by atomic mass is 31.2. The Hall–Kier alpha value is -1.94. The highest BCUT2D eigenvalue weighted by Crippen LogP contribution is 2.45. The number of phosphoric ester groups is 2. The predicted molar refractivity (Wildman–Crippen MR) is 372 cm³/mol. The van der Waals surface area contributed by atoms with Crippen LogP contribution in [-0.2, 0) is 65.4 Å². The van der Waals surface area contributed by atoms with Gasteiger partial charge < -0.3 is 33.8 Å². The van der Waals surface area contributed by atoms with Gasteiger partial charge in [-0.2, -0.15) is 0 Å². The smallest absolute Gasteiger partial charge is 0.462 e. The van der Waals surface area contributed by atoms with E-state index in [1.165, 1.54) is 218 Å². The zero-order valence-corrected chi connectivity index (χ0v) is 61.3. The molecule has 19 heteroatoms. The Kier molecular flexibility index (Phi) is 66.2. The summed E-state index contributed by atoms with van der Waals surface area (Å²) in [7, 11) is -9.90. The largest absolute Gasteiger partial charge is 0.472 e. The molecule has 17 nitrogen and oxygen atoms in total. The summed E-state index contributed by atoms with van der Waals surface area (Å²) in [5.74, 6) is -2.12. The van der Waals surface area contributed by atoms with E-state index in [9.17, 15) is 43.2 Å². The van der Waals surface area contributed by atoms with Gasteiger partial charge >= 0.3 is 39.5 Å². The molecule has 0 aliphatic carbocycles. The SMILES string of the molecule is CCCCCCCCCCCCCCCCCCCCC(=O)O[C@H](COC(=O)CCCCCCCCCCCCCCCC)COP(=O)(O)OC[C@@H](O)COP(=O)(O)OC[C@@H](COC(=O)CCCCCCCCCCC)OC(=O)CCCCCCCCCCCCC. The lowest BCUT2D eigenvalue weighted by Crippen LogP contribution is -2.30. The van der Waals surface area contributed by atoms with E-state index in [0.717, 1.165) is 89.9 Å². The molecule has 0 saturated heterocycles. The van der Waals surface area contributed by atoms with E-state index in [-0.39, 0.29) is 25.7 Å². The minimum Gasteiger partial charge on any atom is -0.462 e. The van der Waals surface area contributed by atoms with Gasteiger partial charge in [0.05, 0.1) is 26.4 Å². The van der Waals surface area contributed by atoms with Gasteiger partial charge in [-0.1, -0.05) is 336 Å². The number of carbonyl (C=O) groups is 4. The van der Waals surface area contributed by atoms with E-state index in [2.05, 4.69) is 27.7 Å². The van der Waals surface area contributed by atoms with Crippen molar-refractivity contribution in [3.8, 4) is 0 Å². The molecular formula is C73H142O17P2. The summed E-state index contributed by atoms with van der Waals surface area (Å²) >= 11 is 0. The van der Waals surface area contributed by atoms with Crippen LogP contribution in [0.4, 0.5) is 0 Å². The molecular weight excluding hydrogens is 1210 g/mol. The zero-order chi connectivity index (χ0) is 67.5. The Bertz CT molecular complexity index is 1760. The van der Waals surface area contributed by atoms with Crippen LogP contribution in [0, 0.1) is 0 Å². The minimum atomic E-state index is -4.95. The summed E-state index contributed by atoms with van der Waals surface area (Å²) in [4.78, 5) is 72.6. The molecule has 3 N–H and O–H groups in total. The zero-order valence-electron chi connectivity index (χ0n) is 59.5. The molecule has 0 amide bonds. The third-order valence-corrected chi connectivity index (χ3v) is 19.0.